The average Bonchev–Trinajstić information content (AvgIpc) is 1.50. The maximum absolute atomic E-state index is 13.6. The Kier molecular flexibility index (Phi) is 40.0. The maximum atomic E-state index is 13.6. The summed E-state index contributed by atoms with van der Waals surface area (Å²) in [5.41, 5.74) is 1.63. The SMILES string of the molecule is CCNC(=O)CC[C@@H](NC(=O)CN1CCN(CC(=O)O)CCN(CC(=O)O)CCN(CC(=O)O)CC1)C(=O)NCCCOCCOCCOCCCNC(=O)CCCOc1cc(C)c(S(=O)(=O)NC(CNC(=O)c2ccc3c(cnn3CCCNc3ncc[nH]3)c2)C(=O)O)c(C)c1.O=C(C(=O)C(F)(F)F)C(F)(F)F. The van der Waals surface area contributed by atoms with Crippen LogP contribution in [0.25, 0.3) is 10.9 Å². The largest absolute Gasteiger partial charge is 0.494 e. The molecule has 5 amide bonds. The molecule has 36 nitrogen and oxygen atoms in total. The number of carboxylic acid groups (broad SMARTS) is 4. The summed E-state index contributed by atoms with van der Waals surface area (Å²) in [6.07, 6.45) is -4.31. The molecule has 1 saturated heterocycles. The number of nitrogens with one attached hydrogen (secondary N) is 8. The molecule has 1 unspecified atom stereocenters. The Morgan fingerprint density at radius 3 is 1.61 bits per heavy atom. The molecule has 43 heteroatoms. The first kappa shape index (κ1) is 91.9. The van der Waals surface area contributed by atoms with Crippen LogP contribution in [0.15, 0.2) is 53.8 Å². The number of fused-ring (bicyclic) bond motifs is 1. The van der Waals surface area contributed by atoms with E-state index in [2.05, 4.69) is 51.7 Å². The molecule has 12 N–H and O–H groups in total. The van der Waals surface area contributed by atoms with Crippen molar-refractivity contribution in [2.45, 2.75) is 102 Å². The van der Waals surface area contributed by atoms with E-state index in [0.717, 1.165) is 11.9 Å². The normalized spacial score (nSPS) is 14.3. The summed E-state index contributed by atoms with van der Waals surface area (Å²) in [6.45, 7) is 8.98. The van der Waals surface area contributed by atoms with Gasteiger partial charge < -0.3 is 76.3 Å². The van der Waals surface area contributed by atoms with Crippen LogP contribution in [-0.2, 0) is 78.7 Å². The number of aromatic amines is 1. The molecule has 2 atom stereocenters. The number of amides is 5. The highest BCUT2D eigenvalue weighted by atomic mass is 32.2. The zero-order valence-corrected chi connectivity index (χ0v) is 61.3. The molecule has 2 aromatic heterocycles. The lowest BCUT2D eigenvalue weighted by atomic mass is 10.1. The van der Waals surface area contributed by atoms with Gasteiger partial charge in [0.25, 0.3) is 5.91 Å². The molecule has 2 aromatic carbocycles. The molecule has 109 heavy (non-hydrogen) atoms. The summed E-state index contributed by atoms with van der Waals surface area (Å²) in [5, 5.41) is 60.4. The van der Waals surface area contributed by atoms with Gasteiger partial charge in [0.15, 0.2) is 5.95 Å². The minimum absolute atomic E-state index is 0.00207. The number of carbonyl (C=O) groups excluding carboxylic acids is 7. The fourth-order valence-corrected chi connectivity index (χ4v) is 12.3. The van der Waals surface area contributed by atoms with Crippen LogP contribution >= 0.6 is 0 Å². The van der Waals surface area contributed by atoms with Gasteiger partial charge in [0, 0.05) is 141 Å². The topological polar surface area (TPSA) is 483 Å². The van der Waals surface area contributed by atoms with E-state index in [1.165, 1.54) is 12.1 Å². The summed E-state index contributed by atoms with van der Waals surface area (Å²) in [6, 6.07) is 5.20. The second-order valence-corrected chi connectivity index (χ2v) is 26.3. The van der Waals surface area contributed by atoms with Crippen LogP contribution < -0.4 is 41.4 Å². The maximum Gasteiger partial charge on any atom is 0.458 e. The number of anilines is 1. The van der Waals surface area contributed by atoms with Crippen molar-refractivity contribution in [3.05, 3.63) is 65.6 Å². The predicted octanol–water partition coefficient (Wildman–Crippen LogP) is 0.387. The number of hydrogen-bond acceptors (Lipinski definition) is 24. The van der Waals surface area contributed by atoms with E-state index in [-0.39, 0.29) is 153 Å². The summed E-state index contributed by atoms with van der Waals surface area (Å²) in [7, 11) is -4.40. The van der Waals surface area contributed by atoms with Crippen molar-refractivity contribution in [2.75, 3.05) is 163 Å². The molecule has 0 spiro atoms. The molecule has 1 aliphatic heterocycles. The lowest BCUT2D eigenvalue weighted by Crippen LogP contribution is -2.52. The third kappa shape index (κ3) is 36.1. The molecular formula is C66H95F6N15O21S. The molecule has 608 valence electrons. The Morgan fingerprint density at radius 2 is 1.11 bits per heavy atom. The van der Waals surface area contributed by atoms with Gasteiger partial charge in [0.2, 0.25) is 33.7 Å². The number of benzene rings is 2. The number of halogens is 6. The molecule has 0 saturated carbocycles. The van der Waals surface area contributed by atoms with Crippen LogP contribution in [0.1, 0.15) is 73.4 Å². The molecule has 1 aliphatic rings. The molecule has 5 rings (SSSR count). The second kappa shape index (κ2) is 47.4. The molecule has 0 radical (unpaired) electrons. The Hall–Kier alpha value is -9.50. The molecule has 3 heterocycles. The highest BCUT2D eigenvalue weighted by molar-refractivity contribution is 7.89. The van der Waals surface area contributed by atoms with Crippen molar-refractivity contribution in [1.82, 2.24) is 70.7 Å². The van der Waals surface area contributed by atoms with Gasteiger partial charge in [-0.15, -0.1) is 0 Å². The highest BCUT2D eigenvalue weighted by Crippen LogP contribution is 2.27. The van der Waals surface area contributed by atoms with Gasteiger partial charge in [0.05, 0.1) is 75.8 Å². The van der Waals surface area contributed by atoms with Gasteiger partial charge in [-0.1, -0.05) is 0 Å². The zero-order chi connectivity index (χ0) is 80.7. The third-order valence-corrected chi connectivity index (χ3v) is 17.7. The summed E-state index contributed by atoms with van der Waals surface area (Å²) in [5.74, 6) is -12.7. The molecule has 0 aliphatic carbocycles. The minimum atomic E-state index is -5.77. The van der Waals surface area contributed by atoms with Crippen LogP contribution in [0.3, 0.4) is 0 Å². The van der Waals surface area contributed by atoms with E-state index in [0.29, 0.717) is 93.5 Å². The Morgan fingerprint density at radius 1 is 0.596 bits per heavy atom. The van der Waals surface area contributed by atoms with E-state index in [4.69, 9.17) is 18.9 Å². The number of rotatable bonds is 46. The van der Waals surface area contributed by atoms with Gasteiger partial charge in [-0.3, -0.25) is 77.0 Å². The molecule has 4 aromatic rings. The second-order valence-electron chi connectivity index (χ2n) is 24.7. The number of sulfonamides is 1. The number of ketones is 2. The molecule has 0 bridgehead atoms. The van der Waals surface area contributed by atoms with Crippen molar-refractivity contribution in [3.63, 3.8) is 0 Å². The Bertz CT molecular complexity index is 3660. The number of hydrogen-bond donors (Lipinski definition) is 12. The van der Waals surface area contributed by atoms with Crippen molar-refractivity contribution < 1.29 is 127 Å². The van der Waals surface area contributed by atoms with Gasteiger partial charge in [0.1, 0.15) is 17.8 Å². The van der Waals surface area contributed by atoms with E-state index in [1.807, 2.05) is 4.68 Å². The molecular weight excluding hydrogens is 1480 g/mol. The first-order valence-corrected chi connectivity index (χ1v) is 36.1. The quantitative estimate of drug-likeness (QED) is 0.0162. The third-order valence-electron chi connectivity index (χ3n) is 15.9. The first-order valence-electron chi connectivity index (χ1n) is 34.6. The zero-order valence-electron chi connectivity index (χ0n) is 60.4. The van der Waals surface area contributed by atoms with Crippen LogP contribution in [0, 0.1) is 13.8 Å². The minimum Gasteiger partial charge on any atom is -0.494 e. The predicted molar refractivity (Wildman–Crippen MR) is 375 cm³/mol. The van der Waals surface area contributed by atoms with E-state index in [1.54, 1.807) is 77.2 Å². The summed E-state index contributed by atoms with van der Waals surface area (Å²) in [4.78, 5) is 145. The van der Waals surface area contributed by atoms with Gasteiger partial charge >= 0.3 is 47.8 Å². The summed E-state index contributed by atoms with van der Waals surface area (Å²) >= 11 is 0. The van der Waals surface area contributed by atoms with Crippen LogP contribution in [-0.4, -0.2) is 315 Å². The molecule has 1 fully saturated rings. The van der Waals surface area contributed by atoms with Crippen LogP contribution in [0.5, 0.6) is 5.75 Å². The number of H-pyrrole nitrogens is 1. The number of aliphatic carboxylic acids is 4. The number of nitrogens with zero attached hydrogens (tertiary/aromatic N) is 7. The Balaban J connectivity index is 0.00000191. The lowest BCUT2D eigenvalue weighted by Gasteiger charge is -2.33. The van der Waals surface area contributed by atoms with Gasteiger partial charge in [-0.05, 0) is 94.3 Å². The number of ether oxygens (including phenoxy) is 4. The number of carbonyl (C=O) groups is 11. The standard InChI is InChI=1S/C62H95N15O19S.C4F6O2/c1-4-63-53(79)13-11-49(71-54(80)40-73-20-22-74(41-55(81)82)24-26-76(43-57(85)86)27-25-75(23-21-73)42-56(83)84)60(88)65-16-8-29-94-32-34-95-33-31-93-28-7-15-64-52(78)9-5-30-96-48-35-44(2)58(45(3)36-48)97(91,92)72-50(61(89)90)39-69-59(87)46-10-12-51-47(37-46)38-70-77(51)19-6-14-66-62-67-17-18-68-62;5-3(6,7)1(11)2(12)4(8,9)10/h10,12,17-18,35-38,49-50,72H,4-9,11,13-16,19-34,39-43H2,1-3H3,(H,63,79)(H,64,78)(H,65,88)(H,69,87)(H,71,80)(H,81,82)(H,83,84)(H,85,86)(H,89,90)(H2,66,67,68);/t49-,50?;/m1./s1. The number of alkyl halides is 6. The Labute approximate surface area is 623 Å². The van der Waals surface area contributed by atoms with Gasteiger partial charge in [-0.25, -0.2) is 13.4 Å². The van der Waals surface area contributed by atoms with E-state index in [9.17, 15) is 108 Å². The smallest absolute Gasteiger partial charge is 0.458 e. The van der Waals surface area contributed by atoms with Crippen LogP contribution in [0.4, 0.5) is 32.3 Å². The number of carboxylic acids is 4. The number of Topliss-reactive ketones (excluding diaryl/α,β-unsaturated/α-hetero) is 2. The van der Waals surface area contributed by atoms with Crippen molar-refractivity contribution in [1.29, 1.82) is 0 Å². The lowest BCUT2D eigenvalue weighted by molar-refractivity contribution is -0.193. The fraction of sp³-hybridized carbons (Fsp3) is 0.591. The highest BCUT2D eigenvalue weighted by Gasteiger charge is 2.54. The first-order chi connectivity index (χ1) is 51.6. The van der Waals surface area contributed by atoms with Crippen molar-refractivity contribution in [3.8, 4) is 5.75 Å². The fourth-order valence-electron chi connectivity index (χ4n) is 10.6. The van der Waals surface area contributed by atoms with E-state index < -0.39 is 94.2 Å². The van der Waals surface area contributed by atoms with E-state index >= 15 is 0 Å². The average molecular weight is 1580 g/mol. The van der Waals surface area contributed by atoms with Crippen LogP contribution in [0.2, 0.25) is 0 Å². The van der Waals surface area contributed by atoms with Crippen molar-refractivity contribution >= 4 is 91.9 Å². The van der Waals surface area contributed by atoms with Crippen molar-refractivity contribution in [2.24, 2.45) is 0 Å². The monoisotopic (exact) mass is 1580 g/mol. The number of aromatic nitrogens is 4. The number of aryl methyl sites for hydroxylation is 3. The number of imidazole rings is 1. The summed E-state index contributed by atoms with van der Waals surface area (Å²) < 4.78 is 121. The van der Waals surface area contributed by atoms with Gasteiger partial charge in [-0.2, -0.15) is 36.2 Å².